The van der Waals surface area contributed by atoms with E-state index < -0.39 is 11.9 Å². The molecule has 0 aromatic heterocycles. The van der Waals surface area contributed by atoms with Crippen LogP contribution in [0.4, 0.5) is 0 Å². The van der Waals surface area contributed by atoms with Crippen molar-refractivity contribution in [3.8, 4) is 71.0 Å². The van der Waals surface area contributed by atoms with Gasteiger partial charge in [0, 0.05) is 0 Å². The summed E-state index contributed by atoms with van der Waals surface area (Å²) in [6.45, 7) is 2.00. The van der Waals surface area contributed by atoms with Crippen molar-refractivity contribution in [1.82, 2.24) is 0 Å². The van der Waals surface area contributed by atoms with Gasteiger partial charge >= 0.3 is 5.97 Å². The van der Waals surface area contributed by atoms with Crippen LogP contribution in [-0.2, 0) is 19.1 Å². The Labute approximate surface area is 142 Å². The van der Waals surface area contributed by atoms with E-state index >= 15 is 0 Å². The second-order valence-electron chi connectivity index (χ2n) is 3.35. The minimum atomic E-state index is -0.508. The van der Waals surface area contributed by atoms with Crippen LogP contribution in [0.1, 0.15) is 13.3 Å². The fourth-order valence-corrected chi connectivity index (χ4v) is 0.829. The molecule has 0 aliphatic heterocycles. The molecule has 0 aliphatic rings. The van der Waals surface area contributed by atoms with E-state index in [9.17, 15) is 9.59 Å². The lowest BCUT2D eigenvalue weighted by atomic mass is 10.4. The van der Waals surface area contributed by atoms with Crippen LogP contribution < -0.4 is 0 Å². The third kappa shape index (κ3) is 14.4. The lowest BCUT2D eigenvalue weighted by Gasteiger charge is -1.98. The molecule has 0 spiro atoms. The van der Waals surface area contributed by atoms with Gasteiger partial charge in [0.15, 0.2) is 0 Å². The predicted octanol–water partition coefficient (Wildman–Crippen LogP) is 0.492. The Kier molecular flexibility index (Phi) is 12.9. The molecule has 0 saturated carbocycles. The highest BCUT2D eigenvalue weighted by Crippen LogP contribution is 1.79. The minimum Gasteiger partial charge on any atom is -0.519 e. The van der Waals surface area contributed by atoms with Gasteiger partial charge in [-0.3, -0.25) is 4.79 Å². The maximum absolute atomic E-state index is 10.9. The summed E-state index contributed by atoms with van der Waals surface area (Å²) in [5.74, 6) is 28.4. The van der Waals surface area contributed by atoms with Gasteiger partial charge in [-0.2, -0.15) is 5.92 Å². The molecule has 0 aromatic carbocycles. The van der Waals surface area contributed by atoms with Crippen molar-refractivity contribution in [1.29, 1.82) is 0 Å². The predicted molar refractivity (Wildman–Crippen MR) is 87.7 cm³/mol. The largest absolute Gasteiger partial charge is 0.519 e. The lowest BCUT2D eigenvalue weighted by Crippen LogP contribution is -1.98. The quantitative estimate of drug-likeness (QED) is 0.329. The van der Waals surface area contributed by atoms with Gasteiger partial charge < -0.3 is 14.3 Å². The fraction of sp³-hybridized carbons (Fsp3) is 0.200. The van der Waals surface area contributed by atoms with Crippen LogP contribution in [0.15, 0.2) is 6.08 Å². The number of methoxy groups -OCH3 is 1. The van der Waals surface area contributed by atoms with Crippen LogP contribution in [0, 0.1) is 77.1 Å². The van der Waals surface area contributed by atoms with Gasteiger partial charge in [0.2, 0.25) is 5.97 Å². The first-order valence-electron chi connectivity index (χ1n) is 6.50. The number of carbonyl (C=O) groups is 2. The summed E-state index contributed by atoms with van der Waals surface area (Å²) in [5.41, 5.74) is 0. The molecule has 0 rings (SSSR count). The third-order valence-electron chi connectivity index (χ3n) is 1.72. The van der Waals surface area contributed by atoms with Gasteiger partial charge in [0.25, 0.3) is 0 Å². The number of hydrogen-bond donors (Lipinski definition) is 0. The smallest absolute Gasteiger partial charge is 0.317 e. The summed E-state index contributed by atoms with van der Waals surface area (Å²) in [7, 11) is 1.28. The first-order valence-corrected chi connectivity index (χ1v) is 6.50. The zero-order valence-corrected chi connectivity index (χ0v) is 13.1. The zero-order chi connectivity index (χ0) is 17.9. The van der Waals surface area contributed by atoms with E-state index in [2.05, 4.69) is 86.6 Å². The molecule has 0 radical (unpaired) electrons. The van der Waals surface area contributed by atoms with E-state index in [1.165, 1.54) is 7.11 Å². The van der Waals surface area contributed by atoms with Gasteiger partial charge in [-0.25, -0.2) is 5.92 Å². The van der Waals surface area contributed by atoms with E-state index in [1.807, 2.05) is 0 Å². The molecule has 0 bridgehead atoms. The maximum Gasteiger partial charge on any atom is 0.317 e. The molecule has 0 saturated heterocycles. The Bertz CT molecular complexity index is 852. The highest BCUT2D eigenvalue weighted by Gasteiger charge is 1.91. The number of allylic oxidation sites excluding steroid dienone is 1. The average Bonchev–Trinajstić information content (AvgIpc) is 2.58. The van der Waals surface area contributed by atoms with Crippen molar-refractivity contribution >= 4 is 11.9 Å². The van der Waals surface area contributed by atoms with Crippen LogP contribution in [0.3, 0.4) is 0 Å². The van der Waals surface area contributed by atoms with Crippen LogP contribution in [0.2, 0.25) is 0 Å². The monoisotopic (exact) mass is 315 g/mol. The van der Waals surface area contributed by atoms with E-state index in [0.29, 0.717) is 6.61 Å². The normalized spacial score (nSPS) is 6.92. The van der Waals surface area contributed by atoms with E-state index in [0.717, 1.165) is 6.08 Å². The topological polar surface area (TPSA) is 52.6 Å². The molecule has 0 atom stereocenters. The Morgan fingerprint density at radius 2 is 1.46 bits per heavy atom. The molecule has 0 fully saturated rings. The molecule has 4 heteroatoms. The molecule has 0 N–H and O–H groups in total. The zero-order valence-electron chi connectivity index (χ0n) is 13.1. The van der Waals surface area contributed by atoms with Crippen molar-refractivity contribution in [2.24, 2.45) is 0 Å². The summed E-state index contributed by atoms with van der Waals surface area (Å²) in [4.78, 5) is 21.6. The van der Waals surface area contributed by atoms with Crippen LogP contribution in [0.25, 0.3) is 0 Å². The van der Waals surface area contributed by atoms with E-state index in [1.54, 1.807) is 6.92 Å². The molecular formula is C20H11O4-. The van der Waals surface area contributed by atoms with E-state index in [-0.39, 0.29) is 6.42 Å². The third-order valence-corrected chi connectivity index (χ3v) is 1.72. The van der Waals surface area contributed by atoms with E-state index in [4.69, 9.17) is 0 Å². The summed E-state index contributed by atoms with van der Waals surface area (Å²) in [6, 6.07) is 0. The first kappa shape index (κ1) is 20.0. The van der Waals surface area contributed by atoms with Crippen LogP contribution in [0.5, 0.6) is 0 Å². The molecule has 0 aromatic rings. The van der Waals surface area contributed by atoms with Crippen LogP contribution >= 0.6 is 0 Å². The number of ether oxygens (including phenoxy) is 2. The SMILES string of the molecule is CCOC(=O)C=[C-]C#CC#CC#CC#CC#CC#CCC(=O)OC. The molecular weight excluding hydrogens is 304 g/mol. The van der Waals surface area contributed by atoms with Crippen molar-refractivity contribution in [3.05, 3.63) is 12.2 Å². The standard InChI is InChI=1S/C20H11O4/c1-3-24-20(22)18-16-14-12-10-8-6-4-5-7-9-11-13-15-17-19(21)23-2/h18H,3,17H2,1-2H3/q-1. The summed E-state index contributed by atoms with van der Waals surface area (Å²) < 4.78 is 9.03. The van der Waals surface area contributed by atoms with Gasteiger partial charge in [-0.1, -0.05) is 17.9 Å². The summed E-state index contributed by atoms with van der Waals surface area (Å²) in [6.07, 6.45) is 3.49. The second kappa shape index (κ2) is 15.4. The van der Waals surface area contributed by atoms with Crippen molar-refractivity contribution in [3.63, 3.8) is 0 Å². The molecule has 4 nitrogen and oxygen atoms in total. The molecule has 116 valence electrons. The highest BCUT2D eigenvalue weighted by atomic mass is 16.5. The number of rotatable bonds is 3. The van der Waals surface area contributed by atoms with Crippen molar-refractivity contribution in [2.45, 2.75) is 13.3 Å². The van der Waals surface area contributed by atoms with Gasteiger partial charge in [-0.15, -0.1) is 6.08 Å². The van der Waals surface area contributed by atoms with Gasteiger partial charge in [-0.05, 0) is 54.3 Å². The Morgan fingerprint density at radius 1 is 0.917 bits per heavy atom. The Morgan fingerprint density at radius 3 is 2.00 bits per heavy atom. The van der Waals surface area contributed by atoms with Crippen molar-refractivity contribution in [2.75, 3.05) is 13.7 Å². The fourth-order valence-electron chi connectivity index (χ4n) is 0.829. The number of esters is 2. The molecule has 0 amide bonds. The minimum absolute atomic E-state index is 0.0125. The van der Waals surface area contributed by atoms with Crippen LogP contribution in [-0.4, -0.2) is 25.7 Å². The Balaban J connectivity index is 4.25. The summed E-state index contributed by atoms with van der Waals surface area (Å²) in [5, 5.41) is 0. The summed E-state index contributed by atoms with van der Waals surface area (Å²) >= 11 is 0. The Hall–Kier alpha value is -3.96. The maximum atomic E-state index is 10.9. The molecule has 0 unspecified atom stereocenters. The second-order valence-corrected chi connectivity index (χ2v) is 3.35. The van der Waals surface area contributed by atoms with Gasteiger partial charge in [0.1, 0.15) is 6.42 Å². The molecule has 0 heterocycles. The number of carbonyl (C=O) groups excluding carboxylic acids is 2. The van der Waals surface area contributed by atoms with Gasteiger partial charge in [0.05, 0.1) is 13.7 Å². The first-order chi connectivity index (χ1) is 11.7. The number of hydrogen-bond acceptors (Lipinski definition) is 4. The lowest BCUT2D eigenvalue weighted by molar-refractivity contribution is -0.139. The van der Waals surface area contributed by atoms with Crippen molar-refractivity contribution < 1.29 is 19.1 Å². The molecule has 0 aliphatic carbocycles. The highest BCUT2D eigenvalue weighted by molar-refractivity contribution is 5.81. The average molecular weight is 315 g/mol. The molecule has 24 heavy (non-hydrogen) atoms.